The van der Waals surface area contributed by atoms with E-state index in [1.54, 1.807) is 17.3 Å². The first-order valence-electron chi connectivity index (χ1n) is 11.1. The Morgan fingerprint density at radius 1 is 1.18 bits per heavy atom. The van der Waals surface area contributed by atoms with Crippen LogP contribution in [-0.2, 0) is 9.59 Å². The van der Waals surface area contributed by atoms with E-state index in [9.17, 15) is 14.4 Å². The molecule has 4 bridgehead atoms. The van der Waals surface area contributed by atoms with Gasteiger partial charge in [-0.2, -0.15) is 0 Å². The summed E-state index contributed by atoms with van der Waals surface area (Å²) in [4.78, 5) is 45.1. The van der Waals surface area contributed by atoms with Gasteiger partial charge in [0.05, 0.1) is 18.2 Å². The van der Waals surface area contributed by atoms with Gasteiger partial charge >= 0.3 is 0 Å². The third kappa shape index (κ3) is 5.67. The lowest BCUT2D eigenvalue weighted by atomic mass is 10.1. The highest BCUT2D eigenvalue weighted by Gasteiger charge is 2.36. The van der Waals surface area contributed by atoms with Crippen LogP contribution in [0.2, 0.25) is 0 Å². The number of fused-ring (bicyclic) bond motifs is 6. The predicted octanol–water partition coefficient (Wildman–Crippen LogP) is 0.908. The number of aromatic nitrogens is 1. The summed E-state index contributed by atoms with van der Waals surface area (Å²) in [5, 5.41) is 5.82. The van der Waals surface area contributed by atoms with Gasteiger partial charge in [0.15, 0.2) is 0 Å². The van der Waals surface area contributed by atoms with Crippen LogP contribution in [0, 0.1) is 0 Å². The Morgan fingerprint density at radius 2 is 2.00 bits per heavy atom. The minimum absolute atomic E-state index is 0.0285. The van der Waals surface area contributed by atoms with E-state index in [1.165, 1.54) is 6.92 Å². The molecule has 0 radical (unpaired) electrons. The summed E-state index contributed by atoms with van der Waals surface area (Å²) in [6, 6.07) is 9.15. The van der Waals surface area contributed by atoms with Crippen LogP contribution in [0.25, 0.3) is 11.1 Å². The summed E-state index contributed by atoms with van der Waals surface area (Å²) in [6.07, 6.45) is 3.89. The Morgan fingerprint density at radius 3 is 2.82 bits per heavy atom. The molecule has 4 rings (SSSR count). The highest BCUT2D eigenvalue weighted by Crippen LogP contribution is 2.26. The number of rotatable bonds is 1. The molecule has 0 spiro atoms. The van der Waals surface area contributed by atoms with Crippen LogP contribution < -0.4 is 15.4 Å². The van der Waals surface area contributed by atoms with Crippen molar-refractivity contribution in [2.75, 3.05) is 39.8 Å². The maximum atomic E-state index is 13.1. The van der Waals surface area contributed by atoms with Crippen molar-refractivity contribution in [3.63, 3.8) is 0 Å². The number of ether oxygens (including phenoxy) is 1. The number of nitrogens with zero attached hydrogens (tertiary/aromatic N) is 3. The van der Waals surface area contributed by atoms with Crippen molar-refractivity contribution in [2.24, 2.45) is 0 Å². The molecule has 0 aliphatic carbocycles. The topological polar surface area (TPSA) is 104 Å². The largest absolute Gasteiger partial charge is 0.491 e. The van der Waals surface area contributed by atoms with E-state index >= 15 is 0 Å². The number of carbonyl (C=O) groups is 3. The van der Waals surface area contributed by atoms with Crippen LogP contribution in [0.15, 0.2) is 42.7 Å². The monoisotopic (exact) mass is 451 g/mol. The number of likely N-dealkylation sites (N-methyl/N-ethyl adjacent to an activating group) is 1. The fourth-order valence-electron chi connectivity index (χ4n) is 4.32. The molecule has 1 saturated heterocycles. The molecule has 33 heavy (non-hydrogen) atoms. The SMILES string of the molecule is CC(=O)N[C@@H]1C[C@H]2COc3cccc(c3)-c3cncc(c3)C(=O)NCCN(C)CC(=O)N2C1. The van der Waals surface area contributed by atoms with Crippen LogP contribution in [0.4, 0.5) is 0 Å². The molecule has 9 nitrogen and oxygen atoms in total. The molecule has 0 saturated carbocycles. The third-order valence-electron chi connectivity index (χ3n) is 5.94. The highest BCUT2D eigenvalue weighted by atomic mass is 16.5. The van der Waals surface area contributed by atoms with Gasteiger partial charge in [0.1, 0.15) is 12.4 Å². The van der Waals surface area contributed by atoms with Gasteiger partial charge in [-0.05, 0) is 37.2 Å². The average Bonchev–Trinajstić information content (AvgIpc) is 3.19. The summed E-state index contributed by atoms with van der Waals surface area (Å²) >= 11 is 0. The number of pyridine rings is 1. The van der Waals surface area contributed by atoms with E-state index in [-0.39, 0.29) is 36.3 Å². The number of hydrogen-bond acceptors (Lipinski definition) is 6. The zero-order valence-electron chi connectivity index (χ0n) is 18.9. The van der Waals surface area contributed by atoms with E-state index < -0.39 is 0 Å². The van der Waals surface area contributed by atoms with Crippen molar-refractivity contribution in [1.82, 2.24) is 25.4 Å². The molecule has 174 valence electrons. The van der Waals surface area contributed by atoms with Crippen LogP contribution in [0.3, 0.4) is 0 Å². The lowest BCUT2D eigenvalue weighted by molar-refractivity contribution is -0.133. The Kier molecular flexibility index (Phi) is 6.88. The number of amides is 3. The number of benzene rings is 1. The smallest absolute Gasteiger partial charge is 0.252 e. The first-order chi connectivity index (χ1) is 15.9. The molecule has 1 aromatic heterocycles. The van der Waals surface area contributed by atoms with Crippen molar-refractivity contribution in [1.29, 1.82) is 0 Å². The molecule has 9 heteroatoms. The van der Waals surface area contributed by atoms with Crippen LogP contribution in [-0.4, -0.2) is 84.4 Å². The normalized spacial score (nSPS) is 22.1. The second-order valence-corrected chi connectivity index (χ2v) is 8.63. The van der Waals surface area contributed by atoms with Crippen molar-refractivity contribution in [3.05, 3.63) is 48.3 Å². The lowest BCUT2D eigenvalue weighted by Gasteiger charge is -2.27. The van der Waals surface area contributed by atoms with Gasteiger partial charge in [-0.15, -0.1) is 0 Å². The molecule has 2 aliphatic heterocycles. The van der Waals surface area contributed by atoms with Gasteiger partial charge in [-0.3, -0.25) is 24.3 Å². The zero-order chi connectivity index (χ0) is 23.4. The maximum Gasteiger partial charge on any atom is 0.252 e. The summed E-state index contributed by atoms with van der Waals surface area (Å²) in [6.45, 7) is 3.41. The Hall–Kier alpha value is -3.46. The summed E-state index contributed by atoms with van der Waals surface area (Å²) in [5.74, 6) is 0.316. The molecule has 1 aromatic carbocycles. The molecular formula is C24H29N5O4. The molecule has 3 heterocycles. The van der Waals surface area contributed by atoms with Crippen LogP contribution in [0.1, 0.15) is 23.7 Å². The van der Waals surface area contributed by atoms with Crippen molar-refractivity contribution in [2.45, 2.75) is 25.4 Å². The summed E-state index contributed by atoms with van der Waals surface area (Å²) in [5.41, 5.74) is 2.18. The van der Waals surface area contributed by atoms with Crippen molar-refractivity contribution >= 4 is 17.7 Å². The Balaban J connectivity index is 1.61. The third-order valence-corrected chi connectivity index (χ3v) is 5.94. The number of carbonyl (C=O) groups excluding carboxylic acids is 3. The first kappa shape index (κ1) is 22.7. The van der Waals surface area contributed by atoms with E-state index in [0.717, 1.165) is 11.1 Å². The van der Waals surface area contributed by atoms with E-state index in [2.05, 4.69) is 15.6 Å². The maximum absolute atomic E-state index is 13.1. The molecule has 3 amide bonds. The van der Waals surface area contributed by atoms with E-state index in [0.29, 0.717) is 44.0 Å². The Labute approximate surface area is 193 Å². The first-order valence-corrected chi connectivity index (χ1v) is 11.1. The number of hydrogen-bond donors (Lipinski definition) is 2. The summed E-state index contributed by atoms with van der Waals surface area (Å²) in [7, 11) is 1.85. The zero-order valence-corrected chi connectivity index (χ0v) is 18.9. The van der Waals surface area contributed by atoms with Gasteiger partial charge < -0.3 is 20.3 Å². The summed E-state index contributed by atoms with van der Waals surface area (Å²) < 4.78 is 6.09. The molecule has 2 aromatic rings. The fourth-order valence-corrected chi connectivity index (χ4v) is 4.32. The molecule has 2 aliphatic rings. The van der Waals surface area contributed by atoms with Gasteiger partial charge in [0.25, 0.3) is 5.91 Å². The average molecular weight is 452 g/mol. The molecule has 2 N–H and O–H groups in total. The van der Waals surface area contributed by atoms with Gasteiger partial charge in [0, 0.05) is 50.6 Å². The van der Waals surface area contributed by atoms with Crippen molar-refractivity contribution in [3.8, 4) is 16.9 Å². The van der Waals surface area contributed by atoms with Gasteiger partial charge in [0.2, 0.25) is 11.8 Å². The van der Waals surface area contributed by atoms with E-state index in [4.69, 9.17) is 4.74 Å². The minimum Gasteiger partial charge on any atom is -0.491 e. The predicted molar refractivity (Wildman–Crippen MR) is 123 cm³/mol. The second kappa shape index (κ2) is 9.99. The fraction of sp³-hybridized carbons (Fsp3) is 0.417. The van der Waals surface area contributed by atoms with Crippen LogP contribution in [0.5, 0.6) is 5.75 Å². The molecule has 0 unspecified atom stereocenters. The van der Waals surface area contributed by atoms with Crippen LogP contribution >= 0.6 is 0 Å². The standard InChI is InChI=1S/C24H29N5O4/c1-16(30)27-20-10-21-15-33-22-5-3-4-17(9-22)18-8-19(12-25-11-18)24(32)26-6-7-28(2)14-23(31)29(21)13-20/h3-5,8-9,11-12,20-21H,6-7,10,13-15H2,1-2H3,(H,26,32)(H,27,30)/t20-,21+/m1/s1. The molecule has 1 fully saturated rings. The van der Waals surface area contributed by atoms with Gasteiger partial charge in [-0.1, -0.05) is 12.1 Å². The molecular weight excluding hydrogens is 422 g/mol. The lowest BCUT2D eigenvalue weighted by Crippen LogP contribution is -2.45. The quantitative estimate of drug-likeness (QED) is 0.668. The highest BCUT2D eigenvalue weighted by molar-refractivity contribution is 5.95. The minimum atomic E-state index is -0.210. The number of nitrogens with one attached hydrogen (secondary N) is 2. The second-order valence-electron chi connectivity index (χ2n) is 8.63. The Bertz CT molecular complexity index is 1040. The van der Waals surface area contributed by atoms with Crippen molar-refractivity contribution < 1.29 is 19.1 Å². The van der Waals surface area contributed by atoms with Gasteiger partial charge in [-0.25, -0.2) is 0 Å². The van der Waals surface area contributed by atoms with E-state index in [1.807, 2.05) is 42.3 Å². The molecule has 2 atom stereocenters.